The number of urea groups is 1. The van der Waals surface area contributed by atoms with Gasteiger partial charge in [-0.2, -0.15) is 5.10 Å². The fourth-order valence-electron chi connectivity index (χ4n) is 7.95. The van der Waals surface area contributed by atoms with Crippen LogP contribution >= 0.6 is 0 Å². The summed E-state index contributed by atoms with van der Waals surface area (Å²) in [5, 5.41) is 21.8. The Morgan fingerprint density at radius 3 is 2.26 bits per heavy atom. The monoisotopic (exact) mass is 830 g/mol. The number of hydrogen-bond acceptors (Lipinski definition) is 10. The number of imide groups is 2. The Morgan fingerprint density at radius 2 is 1.56 bits per heavy atom. The number of fused-ring (bicyclic) bond motifs is 2. The number of amides is 8. The second-order valence-corrected chi connectivity index (χ2v) is 16.2. The third-order valence-electron chi connectivity index (χ3n) is 11.3. The first-order chi connectivity index (χ1) is 29.2. The maximum Gasteiger partial charge on any atom is 0.319 e. The van der Waals surface area contributed by atoms with E-state index in [-0.39, 0.29) is 48.5 Å². The number of carbonyl (C=O) groups excluding carboxylic acids is 7. The van der Waals surface area contributed by atoms with Gasteiger partial charge in [0, 0.05) is 48.4 Å². The molecule has 4 heterocycles. The van der Waals surface area contributed by atoms with Crippen LogP contribution in [0.25, 0.3) is 0 Å². The minimum atomic E-state index is -1.01. The lowest BCUT2D eigenvalue weighted by molar-refractivity contribution is -0.136. The maximum absolute atomic E-state index is 13.7. The number of likely N-dealkylation sites (N-methyl/N-ethyl adjacent to an activating group) is 1. The normalized spacial score (nSPS) is 17.2. The molecule has 8 amide bonds. The van der Waals surface area contributed by atoms with Gasteiger partial charge in [-0.3, -0.25) is 44.1 Å². The van der Waals surface area contributed by atoms with Crippen molar-refractivity contribution in [1.29, 1.82) is 0 Å². The molecule has 2 atom stereocenters. The molecule has 0 spiro atoms. The Kier molecular flexibility index (Phi) is 12.3. The van der Waals surface area contributed by atoms with Crippen molar-refractivity contribution < 1.29 is 33.6 Å². The third kappa shape index (κ3) is 9.01. The predicted molar refractivity (Wildman–Crippen MR) is 226 cm³/mol. The fraction of sp³-hybridized carbons (Fsp3) is 0.364. The van der Waals surface area contributed by atoms with Gasteiger partial charge in [0.05, 0.1) is 34.9 Å². The predicted octanol–water partition coefficient (Wildman–Crippen LogP) is 4.14. The first-order valence-electron chi connectivity index (χ1n) is 20.4. The molecule has 6 N–H and O–H groups in total. The third-order valence-corrected chi connectivity index (χ3v) is 11.3. The van der Waals surface area contributed by atoms with Crippen molar-refractivity contribution in [3.63, 3.8) is 0 Å². The first-order valence-corrected chi connectivity index (χ1v) is 20.4. The highest BCUT2D eigenvalue weighted by Gasteiger charge is 2.46. The van der Waals surface area contributed by atoms with E-state index in [4.69, 9.17) is 0 Å². The molecule has 61 heavy (non-hydrogen) atoms. The summed E-state index contributed by atoms with van der Waals surface area (Å²) >= 11 is 0. The number of benzene rings is 3. The van der Waals surface area contributed by atoms with Crippen LogP contribution in [0.1, 0.15) is 110 Å². The zero-order valence-corrected chi connectivity index (χ0v) is 34.6. The summed E-state index contributed by atoms with van der Waals surface area (Å²) in [5.41, 5.74) is 3.58. The molecule has 318 valence electrons. The summed E-state index contributed by atoms with van der Waals surface area (Å²) in [7, 11) is 3.92. The van der Waals surface area contributed by atoms with E-state index in [9.17, 15) is 33.6 Å². The van der Waals surface area contributed by atoms with Gasteiger partial charge in [-0.25, -0.2) is 4.79 Å². The molecule has 17 nitrogen and oxygen atoms in total. The largest absolute Gasteiger partial charge is 0.385 e. The number of rotatable bonds is 15. The van der Waals surface area contributed by atoms with Crippen molar-refractivity contribution in [3.05, 3.63) is 112 Å². The van der Waals surface area contributed by atoms with Gasteiger partial charge in [-0.15, -0.1) is 0 Å². The lowest BCUT2D eigenvalue weighted by Crippen LogP contribution is -2.54. The molecule has 7 rings (SSSR count). The van der Waals surface area contributed by atoms with E-state index in [1.165, 1.54) is 0 Å². The highest BCUT2D eigenvalue weighted by atomic mass is 16.2. The number of piperidine rings is 1. The molecular weight excluding hydrogens is 781 g/mol. The van der Waals surface area contributed by atoms with Crippen LogP contribution in [-0.2, 0) is 21.7 Å². The summed E-state index contributed by atoms with van der Waals surface area (Å²) in [6.45, 7) is 5.77. The fourth-order valence-corrected chi connectivity index (χ4v) is 7.95. The number of aromatic amines is 1. The molecular formula is C44H50N10O7. The molecule has 4 aromatic rings. The molecule has 3 aliphatic heterocycles. The summed E-state index contributed by atoms with van der Waals surface area (Å²) in [6.07, 6.45) is 2.46. The molecule has 1 saturated heterocycles. The van der Waals surface area contributed by atoms with Gasteiger partial charge in [-0.1, -0.05) is 30.3 Å². The van der Waals surface area contributed by atoms with Crippen molar-refractivity contribution in [1.82, 2.24) is 40.8 Å². The number of anilines is 2. The minimum Gasteiger partial charge on any atom is -0.385 e. The van der Waals surface area contributed by atoms with Crippen LogP contribution in [0.15, 0.2) is 72.8 Å². The van der Waals surface area contributed by atoms with E-state index >= 15 is 0 Å². The van der Waals surface area contributed by atoms with Crippen LogP contribution in [0.3, 0.4) is 0 Å². The molecule has 0 aliphatic carbocycles. The lowest BCUT2D eigenvalue weighted by Gasteiger charge is -2.34. The zero-order chi connectivity index (χ0) is 43.4. The van der Waals surface area contributed by atoms with Crippen molar-refractivity contribution in [3.8, 4) is 0 Å². The van der Waals surface area contributed by atoms with Gasteiger partial charge >= 0.3 is 6.03 Å². The number of H-pyrrole nitrogens is 1. The number of nitrogens with zero attached hydrogens (tertiary/aromatic N) is 4. The van der Waals surface area contributed by atoms with Gasteiger partial charge in [0.2, 0.25) is 11.8 Å². The van der Waals surface area contributed by atoms with Gasteiger partial charge in [0.15, 0.2) is 5.82 Å². The van der Waals surface area contributed by atoms with E-state index in [1.54, 1.807) is 47.4 Å². The standard InChI is InChI=1S/C44H50N10O7/c1-44(2)36-32(24-53(44)43(61)47-33(25-52(3)4)26-11-7-5-8-12-26)37(51-50-36)49-39(57)28-15-13-27(14-16-28)38(56)46-22-10-6-9-21-45-29-17-18-30-31(23-29)42(60)54(41(30)59)34-19-20-35(55)48-40(34)58/h5,7-8,11-18,23,33-34,45H,6,9-10,19-22,24-25H2,1-4H3,(H,46,56)(H,47,61)(H,48,55,58)(H2,49,50,51,57)/t33-,34?/m1/s1. The average molecular weight is 831 g/mol. The van der Waals surface area contributed by atoms with E-state index in [0.29, 0.717) is 42.3 Å². The molecule has 3 aromatic carbocycles. The molecule has 0 radical (unpaired) electrons. The van der Waals surface area contributed by atoms with E-state index in [0.717, 1.165) is 41.0 Å². The Bertz CT molecular complexity index is 2360. The second-order valence-electron chi connectivity index (χ2n) is 16.2. The molecule has 17 heteroatoms. The van der Waals surface area contributed by atoms with Crippen molar-refractivity contribution >= 4 is 53.0 Å². The van der Waals surface area contributed by atoms with Crippen LogP contribution in [-0.4, -0.2) is 106 Å². The Labute approximate surface area is 353 Å². The summed E-state index contributed by atoms with van der Waals surface area (Å²) in [6, 6.07) is 19.6. The van der Waals surface area contributed by atoms with Crippen LogP contribution in [0.2, 0.25) is 0 Å². The van der Waals surface area contributed by atoms with Crippen LogP contribution in [0.4, 0.5) is 16.3 Å². The highest BCUT2D eigenvalue weighted by molar-refractivity contribution is 6.23. The Morgan fingerprint density at radius 1 is 0.869 bits per heavy atom. The van der Waals surface area contributed by atoms with Gasteiger partial charge < -0.3 is 31.1 Å². The van der Waals surface area contributed by atoms with E-state index in [1.807, 2.05) is 63.2 Å². The molecule has 3 aliphatic rings. The van der Waals surface area contributed by atoms with Crippen molar-refractivity contribution in [2.24, 2.45) is 0 Å². The quantitative estimate of drug-likeness (QED) is 0.0744. The first kappa shape index (κ1) is 42.3. The second kappa shape index (κ2) is 17.8. The van der Waals surface area contributed by atoms with E-state index < -0.39 is 41.1 Å². The van der Waals surface area contributed by atoms with Gasteiger partial charge in [0.1, 0.15) is 6.04 Å². The molecule has 0 bridgehead atoms. The van der Waals surface area contributed by atoms with Gasteiger partial charge in [0.25, 0.3) is 23.6 Å². The number of aromatic nitrogens is 2. The molecule has 1 fully saturated rings. The lowest BCUT2D eigenvalue weighted by atomic mass is 10.0. The number of unbranched alkanes of at least 4 members (excludes halogenated alkanes) is 2. The number of hydrogen-bond donors (Lipinski definition) is 6. The minimum absolute atomic E-state index is 0.0576. The van der Waals surface area contributed by atoms with Crippen molar-refractivity contribution in [2.75, 3.05) is 44.4 Å². The smallest absolute Gasteiger partial charge is 0.319 e. The Hall–Kier alpha value is -6.88. The molecule has 1 unspecified atom stereocenters. The SMILES string of the molecule is CN(C)C[C@@H](NC(=O)N1Cc2c(NC(=O)c3ccc(C(=O)NCCCCCNc4ccc5c(c4)C(=O)N(C4CCC(=O)NC4=O)C5=O)cc3)n[nH]c2C1(C)C)c1ccccc1. The zero-order valence-electron chi connectivity index (χ0n) is 34.6. The van der Waals surface area contributed by atoms with Crippen LogP contribution in [0.5, 0.6) is 0 Å². The van der Waals surface area contributed by atoms with E-state index in [2.05, 4.69) is 36.8 Å². The van der Waals surface area contributed by atoms with Crippen LogP contribution < -0.4 is 26.6 Å². The van der Waals surface area contributed by atoms with Crippen molar-refractivity contribution in [2.45, 2.75) is 70.1 Å². The summed E-state index contributed by atoms with van der Waals surface area (Å²) in [5.74, 6) is -2.51. The Balaban J connectivity index is 0.840. The van der Waals surface area contributed by atoms with Gasteiger partial charge in [-0.05, 0) is 102 Å². The molecule has 0 saturated carbocycles. The molecule has 1 aromatic heterocycles. The topological polar surface area (TPSA) is 218 Å². The highest BCUT2D eigenvalue weighted by Crippen LogP contribution is 2.41. The number of carbonyl (C=O) groups is 7. The average Bonchev–Trinajstić information content (AvgIpc) is 3.85. The summed E-state index contributed by atoms with van der Waals surface area (Å²) in [4.78, 5) is 94.5. The summed E-state index contributed by atoms with van der Waals surface area (Å²) < 4.78 is 0. The number of nitrogens with one attached hydrogen (secondary N) is 6. The maximum atomic E-state index is 13.7. The van der Waals surface area contributed by atoms with Crippen LogP contribution in [0, 0.1) is 0 Å².